The normalized spacial score (nSPS) is 13.3. The fourth-order valence-electron chi connectivity index (χ4n) is 3.15. The summed E-state index contributed by atoms with van der Waals surface area (Å²) in [6, 6.07) is 3.36. The molecular weight excluding hydrogens is 384 g/mol. The molecule has 3 aromatic heterocycles. The first-order valence-electron chi connectivity index (χ1n) is 9.92. The molecule has 0 bridgehead atoms. The standard InChI is InChI=1S/C20H24N8O2/c1-13-25-17(10-18(26-13)28-8-7-21-14(28)2)22-5-6-23-19(29)11-27-12-24-16(9-20(27)30)15-3-4-15/h7-10,12,15H,3-6,11H2,1-2H3,(H,23,29)(H,22,25,26). The zero-order valence-corrected chi connectivity index (χ0v) is 17.0. The van der Waals surface area contributed by atoms with E-state index in [9.17, 15) is 9.59 Å². The summed E-state index contributed by atoms with van der Waals surface area (Å²) in [5.74, 6) is 3.03. The molecule has 0 atom stereocenters. The van der Waals surface area contributed by atoms with E-state index in [0.29, 0.717) is 30.6 Å². The largest absolute Gasteiger partial charge is 0.368 e. The third-order valence-corrected chi connectivity index (χ3v) is 4.86. The maximum absolute atomic E-state index is 12.1. The van der Waals surface area contributed by atoms with Gasteiger partial charge in [-0.25, -0.2) is 19.9 Å². The Morgan fingerprint density at radius 1 is 1.17 bits per heavy atom. The van der Waals surface area contributed by atoms with Crippen molar-refractivity contribution in [3.63, 3.8) is 0 Å². The molecule has 1 aliphatic rings. The minimum Gasteiger partial charge on any atom is -0.368 e. The number of nitrogens with zero attached hydrogens (tertiary/aromatic N) is 6. The van der Waals surface area contributed by atoms with E-state index < -0.39 is 0 Å². The highest BCUT2D eigenvalue weighted by Crippen LogP contribution is 2.38. The fourth-order valence-corrected chi connectivity index (χ4v) is 3.15. The van der Waals surface area contributed by atoms with Crippen LogP contribution in [0.25, 0.3) is 5.82 Å². The third-order valence-electron chi connectivity index (χ3n) is 4.86. The highest BCUT2D eigenvalue weighted by Gasteiger charge is 2.25. The van der Waals surface area contributed by atoms with Crippen LogP contribution in [-0.4, -0.2) is 48.1 Å². The molecule has 0 aromatic carbocycles. The Bertz CT molecular complexity index is 1120. The van der Waals surface area contributed by atoms with Crippen molar-refractivity contribution in [2.45, 2.75) is 39.2 Å². The Balaban J connectivity index is 1.28. The molecule has 30 heavy (non-hydrogen) atoms. The molecular formula is C20H24N8O2. The Hall–Kier alpha value is -3.56. The monoisotopic (exact) mass is 408 g/mol. The maximum atomic E-state index is 12.1. The van der Waals surface area contributed by atoms with Crippen molar-refractivity contribution in [3.8, 4) is 5.82 Å². The minimum atomic E-state index is -0.242. The Kier molecular flexibility index (Phi) is 5.55. The number of amides is 1. The number of aryl methyl sites for hydroxylation is 2. The first kappa shape index (κ1) is 19.7. The Morgan fingerprint density at radius 2 is 2.00 bits per heavy atom. The van der Waals surface area contributed by atoms with Crippen LogP contribution in [0, 0.1) is 13.8 Å². The summed E-state index contributed by atoms with van der Waals surface area (Å²) in [5, 5.41) is 5.98. The van der Waals surface area contributed by atoms with Crippen molar-refractivity contribution in [3.05, 3.63) is 58.6 Å². The van der Waals surface area contributed by atoms with Gasteiger partial charge in [-0.3, -0.25) is 18.7 Å². The molecule has 10 heteroatoms. The number of carbonyl (C=O) groups excluding carboxylic acids is 1. The predicted octanol–water partition coefficient (Wildman–Crippen LogP) is 0.942. The van der Waals surface area contributed by atoms with Gasteiger partial charge in [0.15, 0.2) is 0 Å². The van der Waals surface area contributed by atoms with Gasteiger partial charge in [-0.2, -0.15) is 0 Å². The second-order valence-corrected chi connectivity index (χ2v) is 7.33. The van der Waals surface area contributed by atoms with Crippen LogP contribution in [0.1, 0.15) is 36.1 Å². The molecule has 156 valence electrons. The van der Waals surface area contributed by atoms with Gasteiger partial charge in [0.2, 0.25) is 5.91 Å². The van der Waals surface area contributed by atoms with E-state index in [1.54, 1.807) is 6.20 Å². The second kappa shape index (κ2) is 8.44. The van der Waals surface area contributed by atoms with Gasteiger partial charge in [-0.1, -0.05) is 0 Å². The first-order valence-corrected chi connectivity index (χ1v) is 9.92. The molecule has 10 nitrogen and oxygen atoms in total. The van der Waals surface area contributed by atoms with Gasteiger partial charge in [-0.05, 0) is 26.7 Å². The van der Waals surface area contributed by atoms with Crippen molar-refractivity contribution >= 4 is 11.7 Å². The van der Waals surface area contributed by atoms with Crippen LogP contribution in [0.5, 0.6) is 0 Å². The molecule has 0 radical (unpaired) electrons. The molecule has 3 heterocycles. The number of aromatic nitrogens is 6. The van der Waals surface area contributed by atoms with Gasteiger partial charge in [0.1, 0.15) is 29.8 Å². The molecule has 0 saturated heterocycles. The highest BCUT2D eigenvalue weighted by molar-refractivity contribution is 5.75. The number of imidazole rings is 1. The molecule has 1 fully saturated rings. The van der Waals surface area contributed by atoms with E-state index in [2.05, 4.69) is 30.6 Å². The molecule has 0 unspecified atom stereocenters. The molecule has 1 saturated carbocycles. The summed E-state index contributed by atoms with van der Waals surface area (Å²) in [7, 11) is 0. The van der Waals surface area contributed by atoms with Crippen molar-refractivity contribution in [1.29, 1.82) is 0 Å². The topological polar surface area (TPSA) is 120 Å². The van der Waals surface area contributed by atoms with E-state index in [4.69, 9.17) is 0 Å². The molecule has 1 amide bonds. The number of anilines is 1. The van der Waals surface area contributed by atoms with Crippen LogP contribution in [0.15, 0.2) is 35.6 Å². The van der Waals surface area contributed by atoms with E-state index in [1.807, 2.05) is 30.7 Å². The second-order valence-electron chi connectivity index (χ2n) is 7.33. The van der Waals surface area contributed by atoms with Gasteiger partial charge < -0.3 is 10.6 Å². The number of nitrogens with one attached hydrogen (secondary N) is 2. The average Bonchev–Trinajstić information content (AvgIpc) is 3.47. The van der Waals surface area contributed by atoms with E-state index in [1.165, 1.54) is 17.0 Å². The van der Waals surface area contributed by atoms with Crippen LogP contribution < -0.4 is 16.2 Å². The zero-order valence-electron chi connectivity index (χ0n) is 17.0. The minimum absolute atomic E-state index is 0.0482. The zero-order chi connectivity index (χ0) is 21.1. The molecule has 1 aliphatic carbocycles. The Morgan fingerprint density at radius 3 is 2.70 bits per heavy atom. The van der Waals surface area contributed by atoms with Crippen LogP contribution in [0.2, 0.25) is 0 Å². The summed E-state index contributed by atoms with van der Waals surface area (Å²) in [4.78, 5) is 41.6. The van der Waals surface area contributed by atoms with Crippen molar-refractivity contribution in [1.82, 2.24) is 34.4 Å². The van der Waals surface area contributed by atoms with Crippen LogP contribution in [-0.2, 0) is 11.3 Å². The van der Waals surface area contributed by atoms with E-state index >= 15 is 0 Å². The van der Waals surface area contributed by atoms with Crippen LogP contribution in [0.4, 0.5) is 5.82 Å². The number of hydrogen-bond acceptors (Lipinski definition) is 7. The quantitative estimate of drug-likeness (QED) is 0.532. The SMILES string of the molecule is Cc1nc(NCCNC(=O)Cn2cnc(C3CC3)cc2=O)cc(-n2ccnc2C)n1. The molecule has 2 N–H and O–H groups in total. The van der Waals surface area contributed by atoms with Gasteiger partial charge in [0.25, 0.3) is 5.56 Å². The van der Waals surface area contributed by atoms with E-state index in [0.717, 1.165) is 30.2 Å². The lowest BCUT2D eigenvalue weighted by Crippen LogP contribution is -2.35. The van der Waals surface area contributed by atoms with Gasteiger partial charge in [0, 0.05) is 43.5 Å². The summed E-state index contributed by atoms with van der Waals surface area (Å²) < 4.78 is 3.20. The van der Waals surface area contributed by atoms with Crippen LogP contribution >= 0.6 is 0 Å². The van der Waals surface area contributed by atoms with Crippen molar-refractivity contribution < 1.29 is 4.79 Å². The first-order chi connectivity index (χ1) is 14.5. The lowest BCUT2D eigenvalue weighted by molar-refractivity contribution is -0.121. The van der Waals surface area contributed by atoms with Crippen molar-refractivity contribution in [2.24, 2.45) is 0 Å². The molecule has 3 aromatic rings. The molecule has 0 spiro atoms. The van der Waals surface area contributed by atoms with Gasteiger partial charge in [-0.15, -0.1) is 0 Å². The lowest BCUT2D eigenvalue weighted by Gasteiger charge is -2.11. The number of rotatable bonds is 8. The number of hydrogen-bond donors (Lipinski definition) is 2. The van der Waals surface area contributed by atoms with Crippen LogP contribution in [0.3, 0.4) is 0 Å². The summed E-state index contributed by atoms with van der Waals surface area (Å²) in [6.07, 6.45) is 7.18. The fraction of sp³-hybridized carbons (Fsp3) is 0.400. The van der Waals surface area contributed by atoms with Crippen molar-refractivity contribution in [2.75, 3.05) is 18.4 Å². The lowest BCUT2D eigenvalue weighted by atomic mass is 10.3. The van der Waals surface area contributed by atoms with Gasteiger partial charge in [0.05, 0.1) is 12.0 Å². The highest BCUT2D eigenvalue weighted by atomic mass is 16.2. The maximum Gasteiger partial charge on any atom is 0.254 e. The van der Waals surface area contributed by atoms with E-state index in [-0.39, 0.29) is 18.0 Å². The molecule has 4 rings (SSSR count). The predicted molar refractivity (Wildman–Crippen MR) is 111 cm³/mol. The summed E-state index contributed by atoms with van der Waals surface area (Å²) in [6.45, 7) is 4.55. The number of carbonyl (C=O) groups is 1. The summed E-state index contributed by atoms with van der Waals surface area (Å²) in [5.41, 5.74) is 0.630. The molecule has 0 aliphatic heterocycles. The smallest absolute Gasteiger partial charge is 0.254 e. The third kappa shape index (κ3) is 4.70. The average molecular weight is 408 g/mol. The summed E-state index contributed by atoms with van der Waals surface area (Å²) >= 11 is 0. The Labute approximate surface area is 173 Å². The van der Waals surface area contributed by atoms with Gasteiger partial charge >= 0.3 is 0 Å².